The molecule has 0 radical (unpaired) electrons. The van der Waals surface area contributed by atoms with E-state index in [2.05, 4.69) is 15.6 Å². The molecule has 0 saturated carbocycles. The number of anilines is 4. The lowest BCUT2D eigenvalue weighted by Crippen LogP contribution is -2.14. The predicted molar refractivity (Wildman–Crippen MR) is 114 cm³/mol. The topological polar surface area (TPSA) is 66.5 Å². The Morgan fingerprint density at radius 3 is 2.50 bits per heavy atom. The summed E-state index contributed by atoms with van der Waals surface area (Å²) in [6.07, 6.45) is 1.61. The van der Waals surface area contributed by atoms with Gasteiger partial charge in [0.1, 0.15) is 11.4 Å². The van der Waals surface area contributed by atoms with Gasteiger partial charge in [-0.2, -0.15) is 0 Å². The lowest BCUT2D eigenvalue weighted by molar-refractivity contribution is 0.102. The van der Waals surface area contributed by atoms with Crippen LogP contribution in [0, 0.1) is 0 Å². The van der Waals surface area contributed by atoms with Gasteiger partial charge in [0.2, 0.25) is 0 Å². The normalized spacial score (nSPS) is 10.2. The maximum atomic E-state index is 12.6. The molecule has 1 amide bonds. The molecule has 1 aromatic heterocycles. The summed E-state index contributed by atoms with van der Waals surface area (Å²) < 4.78 is 5.55. The number of amides is 1. The highest BCUT2D eigenvalue weighted by atomic mass is 16.5. The van der Waals surface area contributed by atoms with Gasteiger partial charge in [0.25, 0.3) is 5.91 Å². The maximum Gasteiger partial charge on any atom is 0.274 e. The third-order valence-electron chi connectivity index (χ3n) is 4.10. The number of rotatable bonds is 7. The van der Waals surface area contributed by atoms with E-state index in [1.54, 1.807) is 18.3 Å². The summed E-state index contributed by atoms with van der Waals surface area (Å²) in [7, 11) is 4.00. The van der Waals surface area contributed by atoms with Crippen LogP contribution in [-0.2, 0) is 0 Å². The van der Waals surface area contributed by atoms with Crippen LogP contribution in [0.5, 0.6) is 5.75 Å². The van der Waals surface area contributed by atoms with Crippen molar-refractivity contribution in [3.63, 3.8) is 0 Å². The number of carbonyl (C=O) groups is 1. The largest absolute Gasteiger partial charge is 0.492 e. The molecule has 3 rings (SSSR count). The van der Waals surface area contributed by atoms with Crippen molar-refractivity contribution in [3.05, 3.63) is 72.6 Å². The number of aromatic nitrogens is 1. The van der Waals surface area contributed by atoms with Gasteiger partial charge in [0, 0.05) is 37.4 Å². The smallest absolute Gasteiger partial charge is 0.274 e. The Morgan fingerprint density at radius 2 is 1.79 bits per heavy atom. The van der Waals surface area contributed by atoms with E-state index in [1.807, 2.05) is 74.4 Å². The third kappa shape index (κ3) is 4.79. The Morgan fingerprint density at radius 1 is 1.04 bits per heavy atom. The molecule has 0 saturated heterocycles. The number of nitrogens with one attached hydrogen (secondary N) is 2. The summed E-state index contributed by atoms with van der Waals surface area (Å²) >= 11 is 0. The van der Waals surface area contributed by atoms with Crippen molar-refractivity contribution < 1.29 is 9.53 Å². The quantitative estimate of drug-likeness (QED) is 0.634. The highest BCUT2D eigenvalue weighted by Crippen LogP contribution is 2.25. The summed E-state index contributed by atoms with van der Waals surface area (Å²) in [5.74, 6) is 0.340. The first kappa shape index (κ1) is 19.2. The highest BCUT2D eigenvalue weighted by molar-refractivity contribution is 6.04. The van der Waals surface area contributed by atoms with Crippen molar-refractivity contribution in [2.24, 2.45) is 0 Å². The van der Waals surface area contributed by atoms with Crippen molar-refractivity contribution in [1.82, 2.24) is 4.98 Å². The number of pyridine rings is 1. The minimum Gasteiger partial charge on any atom is -0.492 e. The van der Waals surface area contributed by atoms with Crippen LogP contribution in [0.4, 0.5) is 22.7 Å². The second kappa shape index (κ2) is 8.90. The number of hydrogen-bond donors (Lipinski definition) is 2. The van der Waals surface area contributed by atoms with Gasteiger partial charge in [-0.05, 0) is 55.5 Å². The zero-order valence-corrected chi connectivity index (χ0v) is 16.3. The van der Waals surface area contributed by atoms with Crippen molar-refractivity contribution in [3.8, 4) is 5.75 Å². The number of hydrogen-bond acceptors (Lipinski definition) is 5. The predicted octanol–water partition coefficient (Wildman–Crippen LogP) is 4.54. The molecule has 0 atom stereocenters. The molecule has 28 heavy (non-hydrogen) atoms. The molecule has 3 aromatic rings. The Hall–Kier alpha value is -3.54. The first-order chi connectivity index (χ1) is 13.6. The molecule has 6 nitrogen and oxygen atoms in total. The second-order valence-corrected chi connectivity index (χ2v) is 6.38. The highest BCUT2D eigenvalue weighted by Gasteiger charge is 2.11. The molecule has 0 unspecified atom stereocenters. The molecule has 0 aliphatic rings. The van der Waals surface area contributed by atoms with E-state index >= 15 is 0 Å². The summed E-state index contributed by atoms with van der Waals surface area (Å²) in [5.41, 5.74) is 3.78. The molecule has 2 N–H and O–H groups in total. The number of carbonyl (C=O) groups excluding carboxylic acids is 1. The van der Waals surface area contributed by atoms with Crippen LogP contribution >= 0.6 is 0 Å². The van der Waals surface area contributed by atoms with Crippen molar-refractivity contribution in [1.29, 1.82) is 0 Å². The fraction of sp³-hybridized carbons (Fsp3) is 0.182. The van der Waals surface area contributed by atoms with Gasteiger partial charge < -0.3 is 20.3 Å². The van der Waals surface area contributed by atoms with Crippen molar-refractivity contribution >= 4 is 28.7 Å². The monoisotopic (exact) mass is 376 g/mol. The van der Waals surface area contributed by atoms with E-state index in [9.17, 15) is 4.79 Å². The zero-order valence-electron chi connectivity index (χ0n) is 16.3. The Kier molecular flexibility index (Phi) is 6.11. The number of para-hydroxylation sites is 2. The van der Waals surface area contributed by atoms with Crippen LogP contribution in [-0.4, -0.2) is 31.6 Å². The molecule has 1 heterocycles. The molecular formula is C22H24N4O2. The molecule has 2 aromatic carbocycles. The van der Waals surface area contributed by atoms with Gasteiger partial charge in [-0.1, -0.05) is 12.1 Å². The summed E-state index contributed by atoms with van der Waals surface area (Å²) in [6, 6.07) is 18.9. The van der Waals surface area contributed by atoms with Gasteiger partial charge in [-0.15, -0.1) is 0 Å². The lowest BCUT2D eigenvalue weighted by Gasteiger charge is -2.14. The van der Waals surface area contributed by atoms with Gasteiger partial charge in [-0.25, -0.2) is 0 Å². The van der Waals surface area contributed by atoms with E-state index < -0.39 is 0 Å². The molecule has 6 heteroatoms. The first-order valence-electron chi connectivity index (χ1n) is 9.10. The fourth-order valence-corrected chi connectivity index (χ4v) is 2.68. The first-order valence-corrected chi connectivity index (χ1v) is 9.10. The molecule has 0 fully saturated rings. The van der Waals surface area contributed by atoms with Crippen molar-refractivity contribution in [2.75, 3.05) is 36.2 Å². The van der Waals surface area contributed by atoms with E-state index in [-0.39, 0.29) is 5.91 Å². The number of ether oxygens (including phenoxy) is 1. The Labute approximate surface area is 165 Å². The summed E-state index contributed by atoms with van der Waals surface area (Å²) in [6.45, 7) is 2.43. The Balaban J connectivity index is 1.73. The van der Waals surface area contributed by atoms with Crippen LogP contribution in [0.1, 0.15) is 17.4 Å². The average molecular weight is 376 g/mol. The van der Waals surface area contributed by atoms with Crippen LogP contribution in [0.3, 0.4) is 0 Å². The maximum absolute atomic E-state index is 12.6. The molecule has 0 spiro atoms. The van der Waals surface area contributed by atoms with Gasteiger partial charge in [0.05, 0.1) is 12.3 Å². The second-order valence-electron chi connectivity index (χ2n) is 6.38. The van der Waals surface area contributed by atoms with Crippen molar-refractivity contribution in [2.45, 2.75) is 6.92 Å². The minimum atomic E-state index is -0.293. The van der Waals surface area contributed by atoms with Gasteiger partial charge in [-0.3, -0.25) is 9.78 Å². The van der Waals surface area contributed by atoms with Crippen LogP contribution in [0.25, 0.3) is 0 Å². The Bertz CT molecular complexity index is 939. The van der Waals surface area contributed by atoms with Crippen LogP contribution < -0.4 is 20.3 Å². The fourth-order valence-electron chi connectivity index (χ4n) is 2.68. The van der Waals surface area contributed by atoms with E-state index in [4.69, 9.17) is 4.74 Å². The standard InChI is InChI=1S/C22H24N4O2/c1-4-28-21-8-6-5-7-19(21)25-22(27)20-15-17(13-14-23-20)24-16-9-11-18(12-10-16)26(2)3/h5-15H,4H2,1-3H3,(H,23,24)(H,25,27). The summed E-state index contributed by atoms with van der Waals surface area (Å²) in [4.78, 5) is 18.9. The average Bonchev–Trinajstić information content (AvgIpc) is 2.70. The summed E-state index contributed by atoms with van der Waals surface area (Å²) in [5, 5.41) is 6.16. The lowest BCUT2D eigenvalue weighted by atomic mass is 10.2. The molecule has 144 valence electrons. The zero-order chi connectivity index (χ0) is 19.9. The van der Waals surface area contributed by atoms with Crippen LogP contribution in [0.2, 0.25) is 0 Å². The molecule has 0 bridgehead atoms. The van der Waals surface area contributed by atoms with E-state index in [0.717, 1.165) is 17.1 Å². The number of nitrogens with zero attached hydrogens (tertiary/aromatic N) is 2. The molecule has 0 aliphatic carbocycles. The third-order valence-corrected chi connectivity index (χ3v) is 4.10. The van der Waals surface area contributed by atoms with E-state index in [1.165, 1.54) is 0 Å². The van der Waals surface area contributed by atoms with Gasteiger partial charge in [0.15, 0.2) is 0 Å². The van der Waals surface area contributed by atoms with E-state index in [0.29, 0.717) is 23.7 Å². The molecular weight excluding hydrogens is 352 g/mol. The number of benzene rings is 2. The SMILES string of the molecule is CCOc1ccccc1NC(=O)c1cc(Nc2ccc(N(C)C)cc2)ccn1. The minimum absolute atomic E-state index is 0.293. The molecule has 0 aliphatic heterocycles. The van der Waals surface area contributed by atoms with Gasteiger partial charge >= 0.3 is 0 Å². The van der Waals surface area contributed by atoms with Crippen LogP contribution in [0.15, 0.2) is 66.9 Å².